The Morgan fingerprint density at radius 1 is 1.21 bits per heavy atom. The van der Waals surface area contributed by atoms with Crippen LogP contribution in [0.15, 0.2) is 28.7 Å². The molecule has 0 aliphatic carbocycles. The first-order valence-corrected chi connectivity index (χ1v) is 6.22. The van der Waals surface area contributed by atoms with Gasteiger partial charge >= 0.3 is 12.0 Å². The second-order valence-electron chi connectivity index (χ2n) is 3.62. The molecule has 0 heterocycles. The number of imide groups is 1. The molecule has 0 fully saturated rings. The highest BCUT2D eigenvalue weighted by Gasteiger charge is 2.20. The fourth-order valence-corrected chi connectivity index (χ4v) is 1.41. The number of carbonyl (C=O) groups excluding carboxylic acids is 3. The van der Waals surface area contributed by atoms with Gasteiger partial charge in [-0.2, -0.15) is 0 Å². The van der Waals surface area contributed by atoms with Crippen molar-refractivity contribution >= 4 is 33.8 Å². The Kier molecular flexibility index (Phi) is 5.50. The molecule has 1 unspecified atom stereocenters. The summed E-state index contributed by atoms with van der Waals surface area (Å²) < 4.78 is 5.77. The molecule has 102 valence electrons. The number of amides is 3. The zero-order valence-corrected chi connectivity index (χ0v) is 12.0. The highest BCUT2D eigenvalue weighted by atomic mass is 79.9. The second kappa shape index (κ2) is 6.89. The fraction of sp³-hybridized carbons (Fsp3) is 0.250. The van der Waals surface area contributed by atoms with Crippen LogP contribution in [0.3, 0.4) is 0 Å². The van der Waals surface area contributed by atoms with Gasteiger partial charge in [0.2, 0.25) is 0 Å². The van der Waals surface area contributed by atoms with Gasteiger partial charge in [0.1, 0.15) is 0 Å². The van der Waals surface area contributed by atoms with Crippen molar-refractivity contribution in [2.45, 2.75) is 13.0 Å². The first kappa shape index (κ1) is 15.2. The molecule has 0 bridgehead atoms. The van der Waals surface area contributed by atoms with Gasteiger partial charge in [-0.25, -0.2) is 9.59 Å². The molecule has 0 aliphatic heterocycles. The quantitative estimate of drug-likeness (QED) is 0.822. The first-order chi connectivity index (χ1) is 8.93. The van der Waals surface area contributed by atoms with Crippen LogP contribution >= 0.6 is 15.9 Å². The van der Waals surface area contributed by atoms with Crippen LogP contribution in [0.5, 0.6) is 0 Å². The number of halogens is 1. The fourth-order valence-electron chi connectivity index (χ4n) is 1.14. The van der Waals surface area contributed by atoms with Gasteiger partial charge in [0.25, 0.3) is 5.91 Å². The van der Waals surface area contributed by atoms with Crippen molar-refractivity contribution in [2.24, 2.45) is 0 Å². The van der Waals surface area contributed by atoms with Crippen LogP contribution in [0.2, 0.25) is 0 Å². The van der Waals surface area contributed by atoms with Crippen molar-refractivity contribution < 1.29 is 19.1 Å². The number of hydrogen-bond donors (Lipinski definition) is 2. The Balaban J connectivity index is 2.59. The average molecular weight is 329 g/mol. The Bertz CT molecular complexity index is 487. The van der Waals surface area contributed by atoms with Crippen molar-refractivity contribution in [3.63, 3.8) is 0 Å². The topological polar surface area (TPSA) is 84.5 Å². The maximum Gasteiger partial charge on any atom is 0.338 e. The van der Waals surface area contributed by atoms with Gasteiger partial charge in [-0.15, -0.1) is 0 Å². The molecule has 6 nitrogen and oxygen atoms in total. The standard InChI is InChI=1S/C12H13BrN2O4/c1-7(10(16)15-12(18)14-2)19-11(17)8-3-5-9(13)6-4-8/h3-7H,1-2H3,(H2,14,15,16,18). The van der Waals surface area contributed by atoms with E-state index in [1.54, 1.807) is 24.3 Å². The van der Waals surface area contributed by atoms with E-state index >= 15 is 0 Å². The number of benzene rings is 1. The van der Waals surface area contributed by atoms with Crippen LogP contribution in [0.1, 0.15) is 17.3 Å². The number of esters is 1. The summed E-state index contributed by atoms with van der Waals surface area (Å²) in [6, 6.07) is 5.85. The molecule has 19 heavy (non-hydrogen) atoms. The number of rotatable bonds is 3. The monoisotopic (exact) mass is 328 g/mol. The smallest absolute Gasteiger partial charge is 0.338 e. The minimum atomic E-state index is -1.06. The Labute approximate surface area is 118 Å². The SMILES string of the molecule is CNC(=O)NC(=O)C(C)OC(=O)c1ccc(Br)cc1. The van der Waals surface area contributed by atoms with Gasteiger partial charge in [-0.1, -0.05) is 15.9 Å². The van der Waals surface area contributed by atoms with E-state index in [0.29, 0.717) is 5.56 Å². The second-order valence-corrected chi connectivity index (χ2v) is 4.54. The van der Waals surface area contributed by atoms with Crippen LogP contribution in [0, 0.1) is 0 Å². The molecule has 1 rings (SSSR count). The molecular weight excluding hydrogens is 316 g/mol. The molecule has 2 N–H and O–H groups in total. The molecule has 7 heteroatoms. The molecule has 1 aromatic carbocycles. The summed E-state index contributed by atoms with van der Waals surface area (Å²) in [5.74, 6) is -1.32. The molecule has 0 aliphatic rings. The van der Waals surface area contributed by atoms with Crippen molar-refractivity contribution in [1.82, 2.24) is 10.6 Å². The van der Waals surface area contributed by atoms with Crippen LogP contribution < -0.4 is 10.6 Å². The highest BCUT2D eigenvalue weighted by Crippen LogP contribution is 2.12. The molecular formula is C12H13BrN2O4. The van der Waals surface area contributed by atoms with Gasteiger partial charge in [0, 0.05) is 11.5 Å². The average Bonchev–Trinajstić information content (AvgIpc) is 2.38. The van der Waals surface area contributed by atoms with E-state index in [9.17, 15) is 14.4 Å². The van der Waals surface area contributed by atoms with Gasteiger partial charge in [-0.3, -0.25) is 10.1 Å². The minimum absolute atomic E-state index is 0.322. The molecule has 0 saturated carbocycles. The van der Waals surface area contributed by atoms with Crippen LogP contribution in [-0.4, -0.2) is 31.1 Å². The number of nitrogens with one attached hydrogen (secondary N) is 2. The summed E-state index contributed by atoms with van der Waals surface area (Å²) in [4.78, 5) is 34.1. The first-order valence-electron chi connectivity index (χ1n) is 5.43. The number of carbonyl (C=O) groups is 3. The third kappa shape index (κ3) is 4.70. The molecule has 0 saturated heterocycles. The lowest BCUT2D eigenvalue weighted by Gasteiger charge is -2.12. The normalized spacial score (nSPS) is 11.3. The van der Waals surface area contributed by atoms with E-state index in [-0.39, 0.29) is 0 Å². The summed E-state index contributed by atoms with van der Waals surface area (Å²) in [5.41, 5.74) is 0.322. The predicted molar refractivity (Wildman–Crippen MR) is 71.6 cm³/mol. The predicted octanol–water partition coefficient (Wildman–Crippen LogP) is 1.45. The zero-order valence-electron chi connectivity index (χ0n) is 10.4. The van der Waals surface area contributed by atoms with E-state index in [2.05, 4.69) is 21.2 Å². The van der Waals surface area contributed by atoms with Crippen molar-refractivity contribution in [1.29, 1.82) is 0 Å². The third-order valence-corrected chi connectivity index (χ3v) is 2.73. The molecule has 1 atom stereocenters. The lowest BCUT2D eigenvalue weighted by atomic mass is 10.2. The lowest BCUT2D eigenvalue weighted by Crippen LogP contribution is -2.43. The van der Waals surface area contributed by atoms with Gasteiger partial charge in [0.15, 0.2) is 6.10 Å². The molecule has 3 amide bonds. The van der Waals surface area contributed by atoms with E-state index in [4.69, 9.17) is 4.74 Å². The minimum Gasteiger partial charge on any atom is -0.449 e. The Morgan fingerprint density at radius 3 is 2.32 bits per heavy atom. The van der Waals surface area contributed by atoms with Crippen molar-refractivity contribution in [3.8, 4) is 0 Å². The summed E-state index contributed by atoms with van der Waals surface area (Å²) in [6.45, 7) is 1.38. The molecule has 0 radical (unpaired) electrons. The van der Waals surface area contributed by atoms with Gasteiger partial charge < -0.3 is 10.1 Å². The zero-order chi connectivity index (χ0) is 14.4. The van der Waals surface area contributed by atoms with E-state index < -0.39 is 24.0 Å². The largest absolute Gasteiger partial charge is 0.449 e. The Hall–Kier alpha value is -1.89. The van der Waals surface area contributed by atoms with Crippen molar-refractivity contribution in [2.75, 3.05) is 7.05 Å². The maximum atomic E-state index is 11.7. The van der Waals surface area contributed by atoms with E-state index in [1.807, 2.05) is 5.32 Å². The number of urea groups is 1. The summed E-state index contributed by atoms with van der Waals surface area (Å²) >= 11 is 3.24. The van der Waals surface area contributed by atoms with Crippen LogP contribution in [-0.2, 0) is 9.53 Å². The summed E-state index contributed by atoms with van der Waals surface area (Å²) in [6.07, 6.45) is -1.06. The number of hydrogen-bond acceptors (Lipinski definition) is 4. The summed E-state index contributed by atoms with van der Waals surface area (Å²) in [7, 11) is 1.38. The maximum absolute atomic E-state index is 11.7. The van der Waals surface area contributed by atoms with Crippen LogP contribution in [0.4, 0.5) is 4.79 Å². The lowest BCUT2D eigenvalue weighted by molar-refractivity contribution is -0.127. The molecule has 0 spiro atoms. The molecule has 0 aromatic heterocycles. The van der Waals surface area contributed by atoms with Crippen LogP contribution in [0.25, 0.3) is 0 Å². The van der Waals surface area contributed by atoms with E-state index in [0.717, 1.165) is 4.47 Å². The highest BCUT2D eigenvalue weighted by molar-refractivity contribution is 9.10. The number of ether oxygens (including phenoxy) is 1. The summed E-state index contributed by atoms with van der Waals surface area (Å²) in [5, 5.41) is 4.25. The van der Waals surface area contributed by atoms with Gasteiger partial charge in [0.05, 0.1) is 5.56 Å². The van der Waals surface area contributed by atoms with Crippen molar-refractivity contribution in [3.05, 3.63) is 34.3 Å². The third-order valence-electron chi connectivity index (χ3n) is 2.20. The Morgan fingerprint density at radius 2 is 1.79 bits per heavy atom. The molecule has 1 aromatic rings. The van der Waals surface area contributed by atoms with Gasteiger partial charge in [-0.05, 0) is 31.2 Å². The van der Waals surface area contributed by atoms with E-state index in [1.165, 1.54) is 14.0 Å².